The number of likely N-dealkylation sites (N-methyl/N-ethyl adjacent to an activating group) is 1. The second-order valence-corrected chi connectivity index (χ2v) is 12.0. The normalized spacial score (nSPS) is 12.1. The van der Waals surface area contributed by atoms with Gasteiger partial charge in [-0.3, -0.25) is 13.9 Å². The molecular weight excluding hydrogens is 604 g/mol. The summed E-state index contributed by atoms with van der Waals surface area (Å²) in [5.41, 5.74) is 0.562. The van der Waals surface area contributed by atoms with Crippen LogP contribution in [0.5, 0.6) is 0 Å². The van der Waals surface area contributed by atoms with Gasteiger partial charge in [0.05, 0.1) is 20.6 Å². The number of halogens is 4. The van der Waals surface area contributed by atoms with Crippen molar-refractivity contribution < 1.29 is 18.0 Å². The van der Waals surface area contributed by atoms with E-state index in [9.17, 15) is 18.0 Å². The molecule has 0 saturated heterocycles. The fraction of sp³-hybridized carbons (Fsp3) is 0.259. The van der Waals surface area contributed by atoms with Crippen molar-refractivity contribution in [2.45, 2.75) is 37.8 Å². The zero-order chi connectivity index (χ0) is 28.7. The van der Waals surface area contributed by atoms with Gasteiger partial charge in [0, 0.05) is 28.7 Å². The molecule has 3 aromatic rings. The van der Waals surface area contributed by atoms with Gasteiger partial charge in [0.2, 0.25) is 11.8 Å². The third-order valence-electron chi connectivity index (χ3n) is 5.93. The first-order valence-corrected chi connectivity index (χ1v) is 15.0. The standard InChI is InChI=1S/C27H27Cl4N3O4S/c1-3-25(27(36)32-4-2)33(16-20-21(28)11-8-12-22(20)29)26(35)17-34(18-13-14-23(30)24(31)15-18)39(37,38)19-9-6-5-7-10-19/h5-15,25H,3-4,16-17H2,1-2H3,(H,32,36)/t25-/m0/s1. The summed E-state index contributed by atoms with van der Waals surface area (Å²) in [5, 5.41) is 3.70. The van der Waals surface area contributed by atoms with Gasteiger partial charge in [0.15, 0.2) is 0 Å². The summed E-state index contributed by atoms with van der Waals surface area (Å²) in [4.78, 5) is 28.3. The van der Waals surface area contributed by atoms with Crippen LogP contribution in [0.4, 0.5) is 5.69 Å². The Balaban J connectivity index is 2.11. The van der Waals surface area contributed by atoms with Gasteiger partial charge in [-0.2, -0.15) is 0 Å². The van der Waals surface area contributed by atoms with Crippen LogP contribution < -0.4 is 9.62 Å². The van der Waals surface area contributed by atoms with Crippen molar-refractivity contribution in [2.24, 2.45) is 0 Å². The number of hydrogen-bond acceptors (Lipinski definition) is 4. The molecule has 0 aliphatic rings. The highest BCUT2D eigenvalue weighted by Gasteiger charge is 2.34. The van der Waals surface area contributed by atoms with E-state index in [0.717, 1.165) is 4.31 Å². The highest BCUT2D eigenvalue weighted by atomic mass is 35.5. The van der Waals surface area contributed by atoms with E-state index in [4.69, 9.17) is 46.4 Å². The lowest BCUT2D eigenvalue weighted by molar-refractivity contribution is -0.140. The Morgan fingerprint density at radius 3 is 2.05 bits per heavy atom. The van der Waals surface area contributed by atoms with Gasteiger partial charge >= 0.3 is 0 Å². The van der Waals surface area contributed by atoms with E-state index < -0.39 is 28.5 Å². The first-order valence-electron chi connectivity index (χ1n) is 12.0. The lowest BCUT2D eigenvalue weighted by atomic mass is 10.1. The van der Waals surface area contributed by atoms with Crippen LogP contribution in [0.3, 0.4) is 0 Å². The van der Waals surface area contributed by atoms with Crippen LogP contribution in [0, 0.1) is 0 Å². The molecule has 0 fully saturated rings. The van der Waals surface area contributed by atoms with E-state index in [1.165, 1.54) is 35.2 Å². The monoisotopic (exact) mass is 629 g/mol. The van der Waals surface area contributed by atoms with Gasteiger partial charge in [-0.25, -0.2) is 8.42 Å². The summed E-state index contributed by atoms with van der Waals surface area (Å²) in [6.07, 6.45) is 0.262. The summed E-state index contributed by atoms with van der Waals surface area (Å²) in [7, 11) is -4.23. The minimum atomic E-state index is -4.23. The zero-order valence-electron chi connectivity index (χ0n) is 21.2. The van der Waals surface area contributed by atoms with Gasteiger partial charge < -0.3 is 10.2 Å². The molecule has 208 valence electrons. The Hall–Kier alpha value is -2.49. The first kappa shape index (κ1) is 31.0. The molecule has 0 radical (unpaired) electrons. The lowest BCUT2D eigenvalue weighted by Crippen LogP contribution is -2.52. The molecule has 3 aromatic carbocycles. The maximum Gasteiger partial charge on any atom is 0.264 e. The number of amides is 2. The maximum atomic E-state index is 14.0. The van der Waals surface area contributed by atoms with E-state index in [1.807, 2.05) is 0 Å². The lowest BCUT2D eigenvalue weighted by Gasteiger charge is -2.33. The molecule has 0 spiro atoms. The largest absolute Gasteiger partial charge is 0.355 e. The van der Waals surface area contributed by atoms with Crippen LogP contribution in [0.2, 0.25) is 20.1 Å². The van der Waals surface area contributed by atoms with Crippen LogP contribution in [-0.2, 0) is 26.2 Å². The highest BCUT2D eigenvalue weighted by molar-refractivity contribution is 7.92. The van der Waals surface area contributed by atoms with Crippen LogP contribution in [-0.4, -0.2) is 44.3 Å². The summed E-state index contributed by atoms with van der Waals surface area (Å²) >= 11 is 25.1. The number of nitrogens with zero attached hydrogens (tertiary/aromatic N) is 2. The summed E-state index contributed by atoms with van der Waals surface area (Å²) in [6, 6.07) is 16.0. The van der Waals surface area contributed by atoms with Crippen molar-refractivity contribution in [3.63, 3.8) is 0 Å². The number of sulfonamides is 1. The topological polar surface area (TPSA) is 86.8 Å². The number of hydrogen-bond donors (Lipinski definition) is 1. The molecule has 0 bridgehead atoms. The van der Waals surface area contributed by atoms with Crippen molar-refractivity contribution >= 4 is 73.9 Å². The molecule has 0 heterocycles. The van der Waals surface area contributed by atoms with Crippen LogP contribution in [0.25, 0.3) is 0 Å². The van der Waals surface area contributed by atoms with Gasteiger partial charge in [0.1, 0.15) is 12.6 Å². The molecule has 12 heteroatoms. The van der Waals surface area contributed by atoms with Gasteiger partial charge in [-0.1, -0.05) is 77.6 Å². The van der Waals surface area contributed by atoms with Crippen molar-refractivity contribution in [3.8, 4) is 0 Å². The van der Waals surface area contributed by atoms with Crippen LogP contribution in [0.15, 0.2) is 71.6 Å². The third-order valence-corrected chi connectivity index (χ3v) is 9.16. The Labute approximate surface area is 248 Å². The van der Waals surface area contributed by atoms with Crippen molar-refractivity contribution in [1.29, 1.82) is 0 Å². The van der Waals surface area contributed by atoms with E-state index in [2.05, 4.69) is 5.32 Å². The molecule has 0 unspecified atom stereocenters. The predicted octanol–water partition coefficient (Wildman–Crippen LogP) is 6.44. The smallest absolute Gasteiger partial charge is 0.264 e. The summed E-state index contributed by atoms with van der Waals surface area (Å²) in [5.74, 6) is -1.03. The minimum Gasteiger partial charge on any atom is -0.355 e. The molecule has 0 aromatic heterocycles. The SMILES string of the molecule is CCNC(=O)[C@H](CC)N(Cc1c(Cl)cccc1Cl)C(=O)CN(c1ccc(Cl)c(Cl)c1)S(=O)(=O)c1ccccc1. The Kier molecular flexibility index (Phi) is 10.9. The second kappa shape index (κ2) is 13.7. The molecule has 0 aliphatic carbocycles. The fourth-order valence-corrected chi connectivity index (χ4v) is 6.19. The molecule has 39 heavy (non-hydrogen) atoms. The Bertz CT molecular complexity index is 1420. The molecule has 0 aliphatic heterocycles. The second-order valence-electron chi connectivity index (χ2n) is 8.46. The Morgan fingerprint density at radius 1 is 0.846 bits per heavy atom. The molecular formula is C27H27Cl4N3O4S. The summed E-state index contributed by atoms with van der Waals surface area (Å²) in [6.45, 7) is 3.12. The number of rotatable bonds is 11. The zero-order valence-corrected chi connectivity index (χ0v) is 25.0. The Morgan fingerprint density at radius 2 is 1.49 bits per heavy atom. The van der Waals surface area contributed by atoms with E-state index in [-0.39, 0.29) is 39.5 Å². The average Bonchev–Trinajstić information content (AvgIpc) is 2.91. The molecule has 2 amide bonds. The molecule has 7 nitrogen and oxygen atoms in total. The molecule has 1 N–H and O–H groups in total. The average molecular weight is 631 g/mol. The van der Waals surface area contributed by atoms with E-state index in [1.54, 1.807) is 50.2 Å². The van der Waals surface area contributed by atoms with Gasteiger partial charge in [0.25, 0.3) is 10.0 Å². The number of nitrogens with one attached hydrogen (secondary N) is 1. The molecule has 0 saturated carbocycles. The number of carbonyl (C=O) groups excluding carboxylic acids is 2. The van der Waals surface area contributed by atoms with Crippen LogP contribution in [0.1, 0.15) is 25.8 Å². The summed E-state index contributed by atoms with van der Waals surface area (Å²) < 4.78 is 28.5. The molecule has 1 atom stereocenters. The van der Waals surface area contributed by atoms with Gasteiger partial charge in [-0.15, -0.1) is 0 Å². The minimum absolute atomic E-state index is 0.0275. The van der Waals surface area contributed by atoms with Crippen molar-refractivity contribution in [2.75, 3.05) is 17.4 Å². The van der Waals surface area contributed by atoms with Gasteiger partial charge in [-0.05, 0) is 55.8 Å². The quantitative estimate of drug-likeness (QED) is 0.264. The number of benzene rings is 3. The first-order chi connectivity index (χ1) is 18.5. The van der Waals surface area contributed by atoms with Crippen LogP contribution >= 0.6 is 46.4 Å². The number of anilines is 1. The van der Waals surface area contributed by atoms with Crippen molar-refractivity contribution in [1.82, 2.24) is 10.2 Å². The third kappa shape index (κ3) is 7.38. The maximum absolute atomic E-state index is 14.0. The molecule has 3 rings (SSSR count). The number of carbonyl (C=O) groups is 2. The van der Waals surface area contributed by atoms with E-state index >= 15 is 0 Å². The highest BCUT2D eigenvalue weighted by Crippen LogP contribution is 2.32. The predicted molar refractivity (Wildman–Crippen MR) is 157 cm³/mol. The fourth-order valence-electron chi connectivity index (χ4n) is 3.95. The van der Waals surface area contributed by atoms with E-state index in [0.29, 0.717) is 22.2 Å². The van der Waals surface area contributed by atoms with Crippen molar-refractivity contribution in [3.05, 3.63) is 92.4 Å².